The Morgan fingerprint density at radius 3 is 2.53 bits per heavy atom. The average Bonchev–Trinajstić information content (AvgIpc) is 2.24. The van der Waals surface area contributed by atoms with E-state index in [2.05, 4.69) is 10.3 Å². The Kier molecular flexibility index (Phi) is 7.18. The Labute approximate surface area is 132 Å². The molecule has 1 aromatic rings. The molecule has 19 heavy (non-hydrogen) atoms. The van der Waals surface area contributed by atoms with Gasteiger partial charge in [-0.05, 0) is 39.3 Å². The van der Waals surface area contributed by atoms with E-state index in [-0.39, 0.29) is 29.5 Å². The van der Waals surface area contributed by atoms with Gasteiger partial charge in [0.2, 0.25) is 0 Å². The van der Waals surface area contributed by atoms with Crippen molar-refractivity contribution in [1.82, 2.24) is 5.32 Å². The Hall–Kier alpha value is -0.980. The second kappa shape index (κ2) is 7.57. The van der Waals surface area contributed by atoms with E-state index in [4.69, 9.17) is 10.5 Å². The standard InChI is InChI=1S/C14H23N3O.HI/c1-10-6-7-11(12(8-10)18-5)9-16-13(15)17-14(2,3)4;/h6-8H,9H2,1-5H3,(H3,15,16,17);1H. The number of methoxy groups -OCH3 is 1. The third-order valence-corrected chi connectivity index (χ3v) is 2.37. The molecule has 0 aliphatic carbocycles. The molecule has 0 fully saturated rings. The average molecular weight is 377 g/mol. The molecule has 0 amide bonds. The number of guanidine groups is 1. The van der Waals surface area contributed by atoms with Gasteiger partial charge in [0.05, 0.1) is 13.7 Å². The zero-order valence-corrected chi connectivity index (χ0v) is 14.6. The molecule has 1 aromatic carbocycles. The first kappa shape index (κ1) is 18.0. The normalized spacial score (nSPS) is 11.7. The molecule has 0 saturated heterocycles. The summed E-state index contributed by atoms with van der Waals surface area (Å²) in [6.07, 6.45) is 0. The highest BCUT2D eigenvalue weighted by molar-refractivity contribution is 14.0. The topological polar surface area (TPSA) is 59.6 Å². The van der Waals surface area contributed by atoms with Gasteiger partial charge in [0.15, 0.2) is 5.96 Å². The molecule has 0 aromatic heterocycles. The lowest BCUT2D eigenvalue weighted by molar-refractivity contribution is 0.409. The summed E-state index contributed by atoms with van der Waals surface area (Å²) < 4.78 is 5.33. The van der Waals surface area contributed by atoms with E-state index in [1.54, 1.807) is 7.11 Å². The highest BCUT2D eigenvalue weighted by atomic mass is 127. The largest absolute Gasteiger partial charge is 0.496 e. The summed E-state index contributed by atoms with van der Waals surface area (Å²) in [5, 5.41) is 3.13. The van der Waals surface area contributed by atoms with Crippen LogP contribution in [0.4, 0.5) is 0 Å². The molecule has 108 valence electrons. The van der Waals surface area contributed by atoms with Crippen LogP contribution >= 0.6 is 24.0 Å². The van der Waals surface area contributed by atoms with Crippen LogP contribution in [0, 0.1) is 6.92 Å². The molecule has 3 N–H and O–H groups in total. The van der Waals surface area contributed by atoms with Crippen LogP contribution in [0.2, 0.25) is 0 Å². The van der Waals surface area contributed by atoms with Gasteiger partial charge in [-0.2, -0.15) is 0 Å². The molecule has 0 saturated carbocycles. The van der Waals surface area contributed by atoms with Crippen molar-refractivity contribution in [3.05, 3.63) is 29.3 Å². The van der Waals surface area contributed by atoms with Gasteiger partial charge < -0.3 is 15.8 Å². The van der Waals surface area contributed by atoms with Crippen molar-refractivity contribution in [1.29, 1.82) is 0 Å². The maximum atomic E-state index is 5.83. The Balaban J connectivity index is 0.00000324. The number of hydrogen-bond donors (Lipinski definition) is 2. The second-order valence-corrected chi connectivity index (χ2v) is 5.39. The maximum absolute atomic E-state index is 5.83. The van der Waals surface area contributed by atoms with Crippen LogP contribution in [0.3, 0.4) is 0 Å². The van der Waals surface area contributed by atoms with Crippen molar-refractivity contribution in [2.24, 2.45) is 10.7 Å². The van der Waals surface area contributed by atoms with Crippen LogP contribution in [0.15, 0.2) is 23.2 Å². The summed E-state index contributed by atoms with van der Waals surface area (Å²) in [6.45, 7) is 8.68. The molecule has 1 rings (SSSR count). The minimum absolute atomic E-state index is 0. The highest BCUT2D eigenvalue weighted by Gasteiger charge is 2.10. The molecule has 0 unspecified atom stereocenters. The Morgan fingerprint density at radius 2 is 2.00 bits per heavy atom. The summed E-state index contributed by atoms with van der Waals surface area (Å²) in [7, 11) is 1.67. The summed E-state index contributed by atoms with van der Waals surface area (Å²) >= 11 is 0. The highest BCUT2D eigenvalue weighted by Crippen LogP contribution is 2.20. The predicted molar refractivity (Wildman–Crippen MR) is 91.4 cm³/mol. The number of nitrogens with zero attached hydrogens (tertiary/aromatic N) is 1. The van der Waals surface area contributed by atoms with Gasteiger partial charge >= 0.3 is 0 Å². The van der Waals surface area contributed by atoms with Crippen LogP contribution < -0.4 is 15.8 Å². The van der Waals surface area contributed by atoms with E-state index >= 15 is 0 Å². The van der Waals surface area contributed by atoms with Crippen LogP contribution in [0.25, 0.3) is 0 Å². The zero-order chi connectivity index (χ0) is 13.8. The van der Waals surface area contributed by atoms with Crippen molar-refractivity contribution < 1.29 is 4.74 Å². The van der Waals surface area contributed by atoms with Crippen molar-refractivity contribution in [3.63, 3.8) is 0 Å². The number of halogens is 1. The molecule has 0 bridgehead atoms. The number of aryl methyl sites for hydroxylation is 1. The van der Waals surface area contributed by atoms with Gasteiger partial charge in [0.1, 0.15) is 5.75 Å². The summed E-state index contributed by atoms with van der Waals surface area (Å²) in [4.78, 5) is 4.32. The first-order chi connectivity index (χ1) is 8.31. The van der Waals surface area contributed by atoms with Crippen molar-refractivity contribution in [3.8, 4) is 5.75 Å². The van der Waals surface area contributed by atoms with E-state index in [1.165, 1.54) is 5.56 Å². The third-order valence-electron chi connectivity index (χ3n) is 2.37. The van der Waals surface area contributed by atoms with Crippen molar-refractivity contribution in [2.45, 2.75) is 39.8 Å². The monoisotopic (exact) mass is 377 g/mol. The van der Waals surface area contributed by atoms with Gasteiger partial charge in [0, 0.05) is 11.1 Å². The van der Waals surface area contributed by atoms with E-state index in [9.17, 15) is 0 Å². The number of ether oxygens (including phenoxy) is 1. The van der Waals surface area contributed by atoms with Gasteiger partial charge in [-0.25, -0.2) is 4.99 Å². The molecule has 0 atom stereocenters. The predicted octanol–water partition coefficient (Wildman–Crippen LogP) is 2.82. The summed E-state index contributed by atoms with van der Waals surface area (Å²) in [5.41, 5.74) is 7.95. The summed E-state index contributed by atoms with van der Waals surface area (Å²) in [6, 6.07) is 6.06. The van der Waals surface area contributed by atoms with E-state index < -0.39 is 0 Å². The number of nitrogens with two attached hydrogens (primary N) is 1. The molecule has 0 aliphatic rings. The van der Waals surface area contributed by atoms with Crippen LogP contribution in [0.5, 0.6) is 5.75 Å². The Morgan fingerprint density at radius 1 is 1.37 bits per heavy atom. The molecule has 0 aliphatic heterocycles. The van der Waals surface area contributed by atoms with Crippen LogP contribution in [0.1, 0.15) is 31.9 Å². The number of benzene rings is 1. The fourth-order valence-corrected chi connectivity index (χ4v) is 1.58. The zero-order valence-electron chi connectivity index (χ0n) is 12.3. The lowest BCUT2D eigenvalue weighted by atomic mass is 10.1. The number of rotatable bonds is 3. The minimum atomic E-state index is -0.0784. The molecular formula is C14H24IN3O. The van der Waals surface area contributed by atoms with Crippen LogP contribution in [-0.4, -0.2) is 18.6 Å². The van der Waals surface area contributed by atoms with Gasteiger partial charge in [-0.15, -0.1) is 24.0 Å². The third kappa shape index (κ3) is 6.66. The number of hydrogen-bond acceptors (Lipinski definition) is 2. The SMILES string of the molecule is COc1cc(C)ccc1CN=C(N)NC(C)(C)C.I. The quantitative estimate of drug-likeness (QED) is 0.484. The second-order valence-electron chi connectivity index (χ2n) is 5.39. The fraction of sp³-hybridized carbons (Fsp3) is 0.500. The lowest BCUT2D eigenvalue weighted by Gasteiger charge is -2.21. The van der Waals surface area contributed by atoms with Gasteiger partial charge in [0.25, 0.3) is 0 Å². The van der Waals surface area contributed by atoms with E-state index in [0.29, 0.717) is 12.5 Å². The van der Waals surface area contributed by atoms with Gasteiger partial charge in [-0.3, -0.25) is 0 Å². The van der Waals surface area contributed by atoms with Crippen LogP contribution in [-0.2, 0) is 6.54 Å². The molecular weight excluding hydrogens is 353 g/mol. The van der Waals surface area contributed by atoms with Crippen molar-refractivity contribution in [2.75, 3.05) is 7.11 Å². The van der Waals surface area contributed by atoms with Gasteiger partial charge in [-0.1, -0.05) is 12.1 Å². The van der Waals surface area contributed by atoms with E-state index in [1.807, 2.05) is 45.9 Å². The molecule has 5 heteroatoms. The van der Waals surface area contributed by atoms with Crippen molar-refractivity contribution >= 4 is 29.9 Å². The first-order valence-corrected chi connectivity index (χ1v) is 6.03. The fourth-order valence-electron chi connectivity index (χ4n) is 1.58. The molecule has 0 radical (unpaired) electrons. The number of nitrogens with one attached hydrogen (secondary N) is 1. The first-order valence-electron chi connectivity index (χ1n) is 6.03. The smallest absolute Gasteiger partial charge is 0.189 e. The molecule has 0 spiro atoms. The Bertz CT molecular complexity index is 439. The maximum Gasteiger partial charge on any atom is 0.189 e. The molecule has 4 nitrogen and oxygen atoms in total. The van der Waals surface area contributed by atoms with E-state index in [0.717, 1.165) is 11.3 Å². The number of aliphatic imine (C=N–C) groups is 1. The summed E-state index contributed by atoms with van der Waals surface area (Å²) in [5.74, 6) is 1.30. The molecule has 0 heterocycles. The lowest BCUT2D eigenvalue weighted by Crippen LogP contribution is -2.44. The minimum Gasteiger partial charge on any atom is -0.496 e.